The molecule has 7 heteroatoms. The van der Waals surface area contributed by atoms with Crippen molar-refractivity contribution in [1.29, 1.82) is 0 Å². The minimum absolute atomic E-state index is 0.232. The number of aryl methyl sites for hydroxylation is 1. The molecule has 0 bridgehead atoms. The second-order valence-corrected chi connectivity index (χ2v) is 6.62. The molecule has 2 atom stereocenters. The minimum atomic E-state index is -0.745. The van der Waals surface area contributed by atoms with E-state index in [1.807, 2.05) is 18.4 Å². The van der Waals surface area contributed by atoms with Gasteiger partial charge in [-0.2, -0.15) is 0 Å². The van der Waals surface area contributed by atoms with Crippen molar-refractivity contribution in [3.63, 3.8) is 0 Å². The largest absolute Gasteiger partial charge is 0.459 e. The van der Waals surface area contributed by atoms with Crippen LogP contribution in [-0.4, -0.2) is 29.9 Å². The Kier molecular flexibility index (Phi) is 5.90. The van der Waals surface area contributed by atoms with Gasteiger partial charge in [0.15, 0.2) is 5.11 Å². The van der Waals surface area contributed by atoms with Crippen molar-refractivity contribution in [2.24, 2.45) is 0 Å². The van der Waals surface area contributed by atoms with Crippen LogP contribution in [0.4, 0.5) is 4.39 Å². The summed E-state index contributed by atoms with van der Waals surface area (Å²) in [5.74, 6) is -0.499. The molecule has 0 amide bonds. The summed E-state index contributed by atoms with van der Waals surface area (Å²) < 4.78 is 18.6. The van der Waals surface area contributed by atoms with Crippen LogP contribution in [-0.2, 0) is 16.0 Å². The molecular formula is C15H19FN2O2S2. The number of hydrogen-bond acceptors (Lipinski definition) is 4. The maximum atomic E-state index is 13.1. The molecule has 22 heavy (non-hydrogen) atoms. The fraction of sp³-hybridized carbons (Fsp3) is 0.467. The zero-order valence-electron chi connectivity index (χ0n) is 12.5. The molecule has 0 radical (unpaired) electrons. The van der Waals surface area contributed by atoms with Crippen molar-refractivity contribution in [2.45, 2.75) is 38.8 Å². The molecular weight excluding hydrogens is 323 g/mol. The predicted molar refractivity (Wildman–Crippen MR) is 89.5 cm³/mol. The quantitative estimate of drug-likeness (QED) is 0.615. The van der Waals surface area contributed by atoms with Crippen LogP contribution in [0.25, 0.3) is 0 Å². The standard InChI is InChI=1S/C15H19FN2O2S2/c1-9(5-6-11-4-3-7-22-11)20-14(19)13-10(2)17-15(21)18-12(13)8-16/h3-4,7,9,12H,5-6,8H2,1-2H3,(H2,17,18,21). The van der Waals surface area contributed by atoms with Crippen LogP contribution < -0.4 is 10.6 Å². The van der Waals surface area contributed by atoms with Crippen molar-refractivity contribution < 1.29 is 13.9 Å². The Labute approximate surface area is 138 Å². The van der Waals surface area contributed by atoms with E-state index in [1.54, 1.807) is 18.3 Å². The van der Waals surface area contributed by atoms with Gasteiger partial charge in [-0.25, -0.2) is 9.18 Å². The van der Waals surface area contributed by atoms with Gasteiger partial charge in [0.25, 0.3) is 0 Å². The number of thiocarbonyl (C=S) groups is 1. The van der Waals surface area contributed by atoms with Gasteiger partial charge in [0.2, 0.25) is 0 Å². The van der Waals surface area contributed by atoms with Gasteiger partial charge in [0.1, 0.15) is 6.67 Å². The van der Waals surface area contributed by atoms with Gasteiger partial charge in [-0.15, -0.1) is 11.3 Å². The Bertz CT molecular complexity index is 572. The van der Waals surface area contributed by atoms with E-state index in [0.29, 0.717) is 10.8 Å². The molecule has 120 valence electrons. The summed E-state index contributed by atoms with van der Waals surface area (Å²) in [6, 6.07) is 3.31. The summed E-state index contributed by atoms with van der Waals surface area (Å²) in [5.41, 5.74) is 0.820. The third-order valence-electron chi connectivity index (χ3n) is 3.42. The highest BCUT2D eigenvalue weighted by molar-refractivity contribution is 7.80. The van der Waals surface area contributed by atoms with E-state index in [0.717, 1.165) is 12.8 Å². The highest BCUT2D eigenvalue weighted by Crippen LogP contribution is 2.18. The van der Waals surface area contributed by atoms with E-state index in [4.69, 9.17) is 17.0 Å². The topological polar surface area (TPSA) is 50.4 Å². The van der Waals surface area contributed by atoms with Crippen LogP contribution in [0.5, 0.6) is 0 Å². The second-order valence-electron chi connectivity index (χ2n) is 5.18. The number of allylic oxidation sites excluding steroid dienone is 1. The summed E-state index contributed by atoms with van der Waals surface area (Å²) in [5, 5.41) is 7.92. The first-order valence-electron chi connectivity index (χ1n) is 7.09. The van der Waals surface area contributed by atoms with Crippen LogP contribution >= 0.6 is 23.6 Å². The molecule has 4 nitrogen and oxygen atoms in total. The first-order valence-corrected chi connectivity index (χ1v) is 8.37. The van der Waals surface area contributed by atoms with E-state index in [-0.39, 0.29) is 11.7 Å². The number of esters is 1. The van der Waals surface area contributed by atoms with Crippen LogP contribution in [0.2, 0.25) is 0 Å². The summed E-state index contributed by atoms with van der Waals surface area (Å²) >= 11 is 6.65. The van der Waals surface area contributed by atoms with Crippen LogP contribution in [0, 0.1) is 0 Å². The zero-order valence-corrected chi connectivity index (χ0v) is 14.2. The monoisotopic (exact) mass is 342 g/mol. The molecule has 0 saturated carbocycles. The summed E-state index contributed by atoms with van der Waals surface area (Å²) in [7, 11) is 0. The van der Waals surface area contributed by atoms with Crippen LogP contribution in [0.1, 0.15) is 25.1 Å². The maximum absolute atomic E-state index is 13.1. The molecule has 2 heterocycles. The Morgan fingerprint density at radius 2 is 2.36 bits per heavy atom. The van der Waals surface area contributed by atoms with E-state index in [9.17, 15) is 9.18 Å². The Morgan fingerprint density at radius 3 is 3.00 bits per heavy atom. The highest BCUT2D eigenvalue weighted by atomic mass is 32.1. The number of nitrogens with one attached hydrogen (secondary N) is 2. The number of halogens is 1. The lowest BCUT2D eigenvalue weighted by Gasteiger charge is -2.28. The van der Waals surface area contributed by atoms with Crippen LogP contribution in [0.15, 0.2) is 28.8 Å². The van der Waals surface area contributed by atoms with Gasteiger partial charge < -0.3 is 15.4 Å². The molecule has 0 saturated heterocycles. The van der Waals surface area contributed by atoms with Gasteiger partial charge in [0.05, 0.1) is 17.7 Å². The average molecular weight is 342 g/mol. The van der Waals surface area contributed by atoms with Crippen molar-refractivity contribution >= 4 is 34.6 Å². The lowest BCUT2D eigenvalue weighted by molar-refractivity contribution is -0.144. The average Bonchev–Trinajstić information content (AvgIpc) is 2.97. The Morgan fingerprint density at radius 1 is 1.59 bits per heavy atom. The first-order chi connectivity index (χ1) is 10.5. The SMILES string of the molecule is CC1=C(C(=O)OC(C)CCc2cccs2)C(CF)NC(=S)N1. The van der Waals surface area contributed by atoms with Gasteiger partial charge >= 0.3 is 5.97 Å². The number of rotatable bonds is 6. The molecule has 1 aromatic rings. The van der Waals surface area contributed by atoms with E-state index in [2.05, 4.69) is 16.7 Å². The fourth-order valence-corrected chi connectivity index (χ4v) is 3.30. The van der Waals surface area contributed by atoms with Crippen molar-refractivity contribution in [3.05, 3.63) is 33.7 Å². The molecule has 0 aromatic carbocycles. The second kappa shape index (κ2) is 7.69. The molecule has 0 aliphatic carbocycles. The van der Waals surface area contributed by atoms with E-state index >= 15 is 0 Å². The molecule has 1 aliphatic rings. The molecule has 0 fully saturated rings. The lowest BCUT2D eigenvalue weighted by Crippen LogP contribution is -2.51. The number of hydrogen-bond donors (Lipinski definition) is 2. The molecule has 1 aliphatic heterocycles. The number of thiophene rings is 1. The van der Waals surface area contributed by atoms with E-state index < -0.39 is 18.7 Å². The van der Waals surface area contributed by atoms with Gasteiger partial charge in [-0.1, -0.05) is 6.07 Å². The normalized spacial score (nSPS) is 19.4. The van der Waals surface area contributed by atoms with E-state index in [1.165, 1.54) is 4.88 Å². The number of carbonyl (C=O) groups is 1. The van der Waals surface area contributed by atoms with Crippen molar-refractivity contribution in [1.82, 2.24) is 10.6 Å². The number of ether oxygens (including phenoxy) is 1. The third-order valence-corrected chi connectivity index (χ3v) is 4.57. The molecule has 0 spiro atoms. The van der Waals surface area contributed by atoms with Crippen LogP contribution in [0.3, 0.4) is 0 Å². The maximum Gasteiger partial charge on any atom is 0.338 e. The summed E-state index contributed by atoms with van der Waals surface area (Å²) in [6.45, 7) is 2.83. The molecule has 2 rings (SSSR count). The minimum Gasteiger partial charge on any atom is -0.459 e. The Hall–Kier alpha value is -1.47. The van der Waals surface area contributed by atoms with Gasteiger partial charge in [-0.05, 0) is 50.4 Å². The highest BCUT2D eigenvalue weighted by Gasteiger charge is 2.30. The Balaban J connectivity index is 1.95. The number of carbonyl (C=O) groups excluding carboxylic acids is 1. The molecule has 1 aromatic heterocycles. The third kappa shape index (κ3) is 4.27. The lowest BCUT2D eigenvalue weighted by atomic mass is 10.0. The van der Waals surface area contributed by atoms with Crippen molar-refractivity contribution in [2.75, 3.05) is 6.67 Å². The fourth-order valence-electron chi connectivity index (χ4n) is 2.28. The molecule has 2 N–H and O–H groups in total. The van der Waals surface area contributed by atoms with Crippen molar-refractivity contribution in [3.8, 4) is 0 Å². The zero-order chi connectivity index (χ0) is 16.1. The summed E-state index contributed by atoms with van der Waals surface area (Å²) in [4.78, 5) is 13.5. The summed E-state index contributed by atoms with van der Waals surface area (Å²) in [6.07, 6.45) is 1.36. The predicted octanol–water partition coefficient (Wildman–Crippen LogP) is 2.70. The van der Waals surface area contributed by atoms with Gasteiger partial charge in [-0.3, -0.25) is 0 Å². The molecule has 2 unspecified atom stereocenters. The van der Waals surface area contributed by atoms with Gasteiger partial charge in [0, 0.05) is 10.6 Å². The first kappa shape index (κ1) is 16.9. The number of alkyl halides is 1. The smallest absolute Gasteiger partial charge is 0.338 e.